The summed E-state index contributed by atoms with van der Waals surface area (Å²) < 4.78 is 0. The van der Waals surface area contributed by atoms with E-state index in [9.17, 15) is 9.59 Å². The maximum absolute atomic E-state index is 11.3. The molecule has 0 spiro atoms. The predicted molar refractivity (Wildman–Crippen MR) is 43.6 cm³/mol. The van der Waals surface area contributed by atoms with Gasteiger partial charge in [0.15, 0.2) is 0 Å². The van der Waals surface area contributed by atoms with Gasteiger partial charge in [-0.05, 0) is 12.8 Å². The molecule has 0 N–H and O–H groups in total. The summed E-state index contributed by atoms with van der Waals surface area (Å²) in [5, 5.41) is 0. The molecule has 66 valence electrons. The van der Waals surface area contributed by atoms with Crippen molar-refractivity contribution in [3.8, 4) is 0 Å². The van der Waals surface area contributed by atoms with Crippen molar-refractivity contribution in [1.29, 1.82) is 0 Å². The van der Waals surface area contributed by atoms with Crippen LogP contribution in [0.5, 0.6) is 0 Å². The van der Waals surface area contributed by atoms with E-state index < -0.39 is 0 Å². The third kappa shape index (κ3) is 1.24. The molecule has 0 aromatic rings. The first-order valence-electron chi connectivity index (χ1n) is 4.58. The number of hydrogen-bond acceptors (Lipinski definition) is 2. The minimum atomic E-state index is 0.243. The third-order valence-electron chi connectivity index (χ3n) is 2.78. The summed E-state index contributed by atoms with van der Waals surface area (Å²) in [6.07, 6.45) is 3.85. The summed E-state index contributed by atoms with van der Waals surface area (Å²) in [7, 11) is 0. The first kappa shape index (κ1) is 7.77. The lowest BCUT2D eigenvalue weighted by Crippen LogP contribution is -2.48. The Morgan fingerprint density at radius 2 is 2.08 bits per heavy atom. The summed E-state index contributed by atoms with van der Waals surface area (Å²) in [5.41, 5.74) is 0. The zero-order valence-electron chi connectivity index (χ0n) is 7.08. The average Bonchev–Trinajstić information content (AvgIpc) is 2.04. The molecule has 2 aliphatic heterocycles. The monoisotopic (exact) mass is 167 g/mol. The van der Waals surface area contributed by atoms with E-state index in [-0.39, 0.29) is 11.9 Å². The highest BCUT2D eigenvalue weighted by atomic mass is 16.2. The van der Waals surface area contributed by atoms with Gasteiger partial charge in [0.2, 0.25) is 5.91 Å². The Balaban J connectivity index is 2.09. The topological polar surface area (TPSA) is 37.4 Å². The first-order valence-corrected chi connectivity index (χ1v) is 4.58. The molecular weight excluding hydrogens is 154 g/mol. The van der Waals surface area contributed by atoms with Crippen LogP contribution in [0.4, 0.5) is 0 Å². The van der Waals surface area contributed by atoms with Gasteiger partial charge in [0, 0.05) is 31.8 Å². The van der Waals surface area contributed by atoms with Crippen LogP contribution in [-0.4, -0.2) is 29.2 Å². The number of amides is 1. The molecule has 0 aliphatic carbocycles. The molecule has 2 aliphatic rings. The Bertz CT molecular complexity index is 225. The summed E-state index contributed by atoms with van der Waals surface area (Å²) >= 11 is 0. The summed E-state index contributed by atoms with van der Waals surface area (Å²) in [4.78, 5) is 24.3. The van der Waals surface area contributed by atoms with Crippen LogP contribution in [0.15, 0.2) is 0 Å². The van der Waals surface area contributed by atoms with E-state index in [1.807, 2.05) is 4.90 Å². The van der Waals surface area contributed by atoms with E-state index in [1.54, 1.807) is 0 Å². The Kier molecular flexibility index (Phi) is 1.87. The molecule has 1 amide bonds. The lowest BCUT2D eigenvalue weighted by atomic mass is 9.92. The number of carbonyl (C=O) groups is 2. The molecular formula is C9H13NO2. The van der Waals surface area contributed by atoms with Crippen LogP contribution in [0.2, 0.25) is 0 Å². The average molecular weight is 167 g/mol. The van der Waals surface area contributed by atoms with E-state index in [4.69, 9.17) is 0 Å². The molecule has 0 radical (unpaired) electrons. The lowest BCUT2D eigenvalue weighted by Gasteiger charge is -2.38. The van der Waals surface area contributed by atoms with Crippen molar-refractivity contribution in [2.75, 3.05) is 6.54 Å². The van der Waals surface area contributed by atoms with Gasteiger partial charge >= 0.3 is 0 Å². The quantitative estimate of drug-likeness (QED) is 0.533. The van der Waals surface area contributed by atoms with E-state index in [1.165, 1.54) is 0 Å². The van der Waals surface area contributed by atoms with Crippen molar-refractivity contribution in [3.05, 3.63) is 0 Å². The van der Waals surface area contributed by atoms with Gasteiger partial charge in [-0.3, -0.25) is 9.59 Å². The minimum absolute atomic E-state index is 0.243. The largest absolute Gasteiger partial charge is 0.339 e. The summed E-state index contributed by atoms with van der Waals surface area (Å²) in [6, 6.07) is 0.243. The number of piperidine rings is 2. The van der Waals surface area contributed by atoms with Crippen molar-refractivity contribution in [2.24, 2.45) is 0 Å². The molecule has 2 rings (SSSR count). The van der Waals surface area contributed by atoms with Gasteiger partial charge in [-0.2, -0.15) is 0 Å². The number of Topliss-reactive ketones (excluding diaryl/α,β-unsaturated/α-hetero) is 1. The number of ketones is 1. The highest BCUT2D eigenvalue weighted by molar-refractivity contribution is 5.84. The second-order valence-corrected chi connectivity index (χ2v) is 3.63. The molecule has 2 heterocycles. The van der Waals surface area contributed by atoms with Crippen molar-refractivity contribution >= 4 is 11.7 Å². The zero-order valence-corrected chi connectivity index (χ0v) is 7.08. The van der Waals surface area contributed by atoms with E-state index >= 15 is 0 Å². The highest BCUT2D eigenvalue weighted by Gasteiger charge is 2.32. The molecule has 0 aromatic carbocycles. The van der Waals surface area contributed by atoms with E-state index in [0.29, 0.717) is 31.6 Å². The maximum Gasteiger partial charge on any atom is 0.222 e. The molecule has 0 unspecified atom stereocenters. The maximum atomic E-state index is 11.3. The van der Waals surface area contributed by atoms with Crippen LogP contribution in [-0.2, 0) is 9.59 Å². The summed E-state index contributed by atoms with van der Waals surface area (Å²) in [5.74, 6) is 0.574. The molecule has 2 fully saturated rings. The Morgan fingerprint density at radius 3 is 2.92 bits per heavy atom. The first-order chi connectivity index (χ1) is 5.77. The standard InChI is InChI=1S/C9H13NO2/c11-8-4-5-10-7(6-8)2-1-3-9(10)12/h7H,1-6H2/t7-/m0/s1. The van der Waals surface area contributed by atoms with Gasteiger partial charge in [-0.1, -0.05) is 0 Å². The SMILES string of the molecule is O=C1CCN2C(=O)CCC[C@H]2C1. The van der Waals surface area contributed by atoms with Gasteiger partial charge in [-0.15, -0.1) is 0 Å². The fourth-order valence-corrected chi connectivity index (χ4v) is 2.12. The molecule has 3 heteroatoms. The van der Waals surface area contributed by atoms with E-state index in [0.717, 1.165) is 12.8 Å². The fourth-order valence-electron chi connectivity index (χ4n) is 2.12. The number of fused-ring (bicyclic) bond motifs is 1. The summed E-state index contributed by atoms with van der Waals surface area (Å²) in [6.45, 7) is 0.669. The molecule has 3 nitrogen and oxygen atoms in total. The van der Waals surface area contributed by atoms with Crippen molar-refractivity contribution in [2.45, 2.75) is 38.1 Å². The second kappa shape index (κ2) is 2.88. The van der Waals surface area contributed by atoms with Crippen LogP contribution in [0.25, 0.3) is 0 Å². The molecule has 1 atom stereocenters. The van der Waals surface area contributed by atoms with Gasteiger partial charge in [-0.25, -0.2) is 0 Å². The Labute approximate surface area is 71.7 Å². The number of carbonyl (C=O) groups excluding carboxylic acids is 2. The predicted octanol–water partition coefficient (Wildman–Crippen LogP) is 0.730. The lowest BCUT2D eigenvalue weighted by molar-refractivity contribution is -0.140. The van der Waals surface area contributed by atoms with Crippen LogP contribution in [0, 0.1) is 0 Å². The molecule has 0 saturated carbocycles. The molecule has 2 saturated heterocycles. The molecule has 12 heavy (non-hydrogen) atoms. The third-order valence-corrected chi connectivity index (χ3v) is 2.78. The van der Waals surface area contributed by atoms with Gasteiger partial charge in [0.05, 0.1) is 0 Å². The van der Waals surface area contributed by atoms with Crippen molar-refractivity contribution < 1.29 is 9.59 Å². The number of hydrogen-bond donors (Lipinski definition) is 0. The molecule has 0 bridgehead atoms. The van der Waals surface area contributed by atoms with Crippen LogP contribution < -0.4 is 0 Å². The van der Waals surface area contributed by atoms with Crippen LogP contribution >= 0.6 is 0 Å². The smallest absolute Gasteiger partial charge is 0.222 e. The minimum Gasteiger partial charge on any atom is -0.339 e. The fraction of sp³-hybridized carbons (Fsp3) is 0.778. The molecule has 0 aromatic heterocycles. The van der Waals surface area contributed by atoms with Crippen molar-refractivity contribution in [3.63, 3.8) is 0 Å². The second-order valence-electron chi connectivity index (χ2n) is 3.63. The van der Waals surface area contributed by atoms with Crippen LogP contribution in [0.1, 0.15) is 32.1 Å². The zero-order chi connectivity index (χ0) is 8.55. The highest BCUT2D eigenvalue weighted by Crippen LogP contribution is 2.24. The van der Waals surface area contributed by atoms with Gasteiger partial charge < -0.3 is 4.90 Å². The normalized spacial score (nSPS) is 30.3. The Morgan fingerprint density at radius 1 is 1.25 bits per heavy atom. The van der Waals surface area contributed by atoms with Gasteiger partial charge in [0.25, 0.3) is 0 Å². The Hall–Kier alpha value is -0.860. The number of nitrogens with zero attached hydrogens (tertiary/aromatic N) is 1. The van der Waals surface area contributed by atoms with Crippen molar-refractivity contribution in [1.82, 2.24) is 4.90 Å². The van der Waals surface area contributed by atoms with Gasteiger partial charge in [0.1, 0.15) is 5.78 Å². The number of rotatable bonds is 0. The van der Waals surface area contributed by atoms with E-state index in [2.05, 4.69) is 0 Å². The van der Waals surface area contributed by atoms with Crippen LogP contribution in [0.3, 0.4) is 0 Å².